The molecule has 8 heteroatoms. The Labute approximate surface area is 95.7 Å². The summed E-state index contributed by atoms with van der Waals surface area (Å²) in [6, 6.07) is 5.55. The molecule has 1 rings (SSSR count). The van der Waals surface area contributed by atoms with Crippen molar-refractivity contribution in [1.29, 1.82) is 0 Å². The molecule has 1 aromatic rings. The third kappa shape index (κ3) is 5.57. The molecule has 0 aromatic heterocycles. The summed E-state index contributed by atoms with van der Waals surface area (Å²) >= 11 is 0. The molecule has 2 N–H and O–H groups in total. The number of ether oxygens (including phenoxy) is 2. The molecule has 0 aliphatic heterocycles. The van der Waals surface area contributed by atoms with Gasteiger partial charge in [-0.3, -0.25) is 0 Å². The normalized spacial score (nSPS) is 11.4. The van der Waals surface area contributed by atoms with Crippen LogP contribution in [-0.4, -0.2) is 36.7 Å². The minimum absolute atomic E-state index is 0.258. The molecular formula is C9H10BF3O4. The van der Waals surface area contributed by atoms with Gasteiger partial charge in [0, 0.05) is 0 Å². The first-order chi connectivity index (χ1) is 7.88. The van der Waals surface area contributed by atoms with Crippen LogP contribution in [0.25, 0.3) is 0 Å². The van der Waals surface area contributed by atoms with E-state index in [1.165, 1.54) is 24.3 Å². The van der Waals surface area contributed by atoms with Crippen molar-refractivity contribution < 1.29 is 32.7 Å². The van der Waals surface area contributed by atoms with E-state index in [9.17, 15) is 13.2 Å². The SMILES string of the molecule is OB(O)c1ccc(OCOCC(F)(F)F)cc1. The molecule has 0 amide bonds. The van der Waals surface area contributed by atoms with Gasteiger partial charge in [-0.25, -0.2) is 0 Å². The lowest BCUT2D eigenvalue weighted by Gasteiger charge is -2.09. The van der Waals surface area contributed by atoms with Gasteiger partial charge in [0.1, 0.15) is 12.4 Å². The van der Waals surface area contributed by atoms with Gasteiger partial charge in [0.2, 0.25) is 0 Å². The monoisotopic (exact) mass is 250 g/mol. The van der Waals surface area contributed by atoms with Crippen LogP contribution in [0.2, 0.25) is 0 Å². The van der Waals surface area contributed by atoms with E-state index in [2.05, 4.69) is 4.74 Å². The molecule has 0 heterocycles. The molecule has 0 spiro atoms. The first kappa shape index (κ1) is 13.8. The Kier molecular flexibility index (Phi) is 4.79. The van der Waals surface area contributed by atoms with Gasteiger partial charge in [-0.2, -0.15) is 13.2 Å². The quantitative estimate of drug-likeness (QED) is 0.447. The molecule has 0 aliphatic carbocycles. The fourth-order valence-electron chi connectivity index (χ4n) is 1.00. The Morgan fingerprint density at radius 2 is 1.71 bits per heavy atom. The number of hydrogen-bond acceptors (Lipinski definition) is 4. The van der Waals surface area contributed by atoms with Crippen LogP contribution in [0, 0.1) is 0 Å². The summed E-state index contributed by atoms with van der Waals surface area (Å²) in [6.45, 7) is -1.90. The lowest BCUT2D eigenvalue weighted by atomic mass is 9.80. The van der Waals surface area contributed by atoms with Crippen molar-refractivity contribution in [3.63, 3.8) is 0 Å². The fourth-order valence-corrected chi connectivity index (χ4v) is 1.00. The van der Waals surface area contributed by atoms with Gasteiger partial charge < -0.3 is 19.5 Å². The first-order valence-corrected chi connectivity index (χ1v) is 4.62. The fraction of sp³-hybridized carbons (Fsp3) is 0.333. The van der Waals surface area contributed by atoms with Crippen LogP contribution in [-0.2, 0) is 4.74 Å². The molecule has 17 heavy (non-hydrogen) atoms. The number of halogens is 3. The van der Waals surface area contributed by atoms with Crippen molar-refractivity contribution in [2.75, 3.05) is 13.4 Å². The number of rotatable bonds is 5. The third-order valence-electron chi connectivity index (χ3n) is 1.75. The van der Waals surface area contributed by atoms with Crippen molar-refractivity contribution in [2.45, 2.75) is 6.18 Å². The lowest BCUT2D eigenvalue weighted by molar-refractivity contribution is -0.186. The maximum atomic E-state index is 11.7. The van der Waals surface area contributed by atoms with Gasteiger partial charge in [0.15, 0.2) is 6.79 Å². The molecular weight excluding hydrogens is 240 g/mol. The first-order valence-electron chi connectivity index (χ1n) is 4.62. The zero-order valence-corrected chi connectivity index (χ0v) is 8.65. The Balaban J connectivity index is 2.33. The summed E-state index contributed by atoms with van der Waals surface area (Å²) in [6.07, 6.45) is -4.38. The Morgan fingerprint density at radius 1 is 1.12 bits per heavy atom. The highest BCUT2D eigenvalue weighted by atomic mass is 19.4. The number of benzene rings is 1. The van der Waals surface area contributed by atoms with E-state index in [1.54, 1.807) is 0 Å². The zero-order chi connectivity index (χ0) is 12.9. The van der Waals surface area contributed by atoms with Gasteiger partial charge in [-0.15, -0.1) is 0 Å². The third-order valence-corrected chi connectivity index (χ3v) is 1.75. The molecule has 0 fully saturated rings. The van der Waals surface area contributed by atoms with Crippen molar-refractivity contribution in [3.05, 3.63) is 24.3 Å². The van der Waals surface area contributed by atoms with Crippen molar-refractivity contribution in [2.24, 2.45) is 0 Å². The molecule has 0 unspecified atom stereocenters. The van der Waals surface area contributed by atoms with Crippen molar-refractivity contribution >= 4 is 12.6 Å². The highest BCUT2D eigenvalue weighted by Crippen LogP contribution is 2.14. The molecule has 0 bridgehead atoms. The molecule has 0 saturated carbocycles. The summed E-state index contributed by atoms with van der Waals surface area (Å²) in [5, 5.41) is 17.6. The van der Waals surface area contributed by atoms with E-state index >= 15 is 0 Å². The van der Waals surface area contributed by atoms with E-state index in [-0.39, 0.29) is 11.2 Å². The van der Waals surface area contributed by atoms with E-state index < -0.39 is 26.7 Å². The maximum Gasteiger partial charge on any atom is 0.488 e. The van der Waals surface area contributed by atoms with Gasteiger partial charge >= 0.3 is 13.3 Å². The average molecular weight is 250 g/mol. The van der Waals surface area contributed by atoms with Crippen LogP contribution in [0.5, 0.6) is 5.75 Å². The zero-order valence-electron chi connectivity index (χ0n) is 8.65. The average Bonchev–Trinajstić information content (AvgIpc) is 2.24. The minimum Gasteiger partial charge on any atom is -0.468 e. The number of alkyl halides is 3. The summed E-state index contributed by atoms with van der Waals surface area (Å²) in [7, 11) is -1.59. The molecule has 1 aromatic carbocycles. The molecule has 0 radical (unpaired) electrons. The second-order valence-electron chi connectivity index (χ2n) is 3.17. The van der Waals surface area contributed by atoms with Gasteiger partial charge in [0.05, 0.1) is 0 Å². The van der Waals surface area contributed by atoms with Crippen LogP contribution >= 0.6 is 0 Å². The molecule has 0 aliphatic rings. The topological polar surface area (TPSA) is 58.9 Å². The van der Waals surface area contributed by atoms with E-state index in [4.69, 9.17) is 14.8 Å². The van der Waals surface area contributed by atoms with Gasteiger partial charge in [0.25, 0.3) is 0 Å². The van der Waals surface area contributed by atoms with Crippen LogP contribution < -0.4 is 10.2 Å². The second-order valence-corrected chi connectivity index (χ2v) is 3.17. The van der Waals surface area contributed by atoms with Crippen molar-refractivity contribution in [3.8, 4) is 5.75 Å². The predicted molar refractivity (Wildman–Crippen MR) is 53.8 cm³/mol. The summed E-state index contributed by atoms with van der Waals surface area (Å²) in [5.41, 5.74) is 0.258. The van der Waals surface area contributed by atoms with Crippen LogP contribution in [0.4, 0.5) is 13.2 Å². The standard InChI is InChI=1S/C9H10BF3O4/c11-9(12,13)5-16-6-17-8-3-1-7(2-4-8)10(14)15/h1-4,14-15H,5-6H2. The van der Waals surface area contributed by atoms with E-state index in [0.717, 1.165) is 0 Å². The Bertz CT molecular complexity index is 339. The summed E-state index contributed by atoms with van der Waals surface area (Å²) in [4.78, 5) is 0. The molecule has 0 saturated heterocycles. The Hall–Kier alpha value is -1.25. The second kappa shape index (κ2) is 5.90. The minimum atomic E-state index is -4.38. The predicted octanol–water partition coefficient (Wildman–Crippen LogP) is 0.282. The van der Waals surface area contributed by atoms with Gasteiger partial charge in [-0.05, 0) is 17.6 Å². The highest BCUT2D eigenvalue weighted by Gasteiger charge is 2.27. The maximum absolute atomic E-state index is 11.7. The molecule has 4 nitrogen and oxygen atoms in total. The largest absolute Gasteiger partial charge is 0.488 e. The van der Waals surface area contributed by atoms with E-state index in [0.29, 0.717) is 0 Å². The smallest absolute Gasteiger partial charge is 0.468 e. The number of hydrogen-bond donors (Lipinski definition) is 2. The highest BCUT2D eigenvalue weighted by molar-refractivity contribution is 6.58. The van der Waals surface area contributed by atoms with Crippen LogP contribution in [0.1, 0.15) is 0 Å². The van der Waals surface area contributed by atoms with E-state index in [1.807, 2.05) is 0 Å². The van der Waals surface area contributed by atoms with Crippen LogP contribution in [0.15, 0.2) is 24.3 Å². The summed E-state index contributed by atoms with van der Waals surface area (Å²) < 4.78 is 44.1. The molecule has 0 atom stereocenters. The Morgan fingerprint density at radius 3 is 2.18 bits per heavy atom. The van der Waals surface area contributed by atoms with Crippen LogP contribution in [0.3, 0.4) is 0 Å². The van der Waals surface area contributed by atoms with Crippen molar-refractivity contribution in [1.82, 2.24) is 0 Å². The lowest BCUT2D eigenvalue weighted by Crippen LogP contribution is -2.29. The summed E-state index contributed by atoms with van der Waals surface area (Å²) in [5.74, 6) is 0.275. The molecule has 94 valence electrons. The van der Waals surface area contributed by atoms with Gasteiger partial charge in [-0.1, -0.05) is 12.1 Å².